The molecule has 2 amide bonds. The lowest BCUT2D eigenvalue weighted by Crippen LogP contribution is -2.23. The van der Waals surface area contributed by atoms with E-state index in [1.165, 1.54) is 31.5 Å². The fourth-order valence-electron chi connectivity index (χ4n) is 4.40. The topological polar surface area (TPSA) is 77.7 Å². The summed E-state index contributed by atoms with van der Waals surface area (Å²) in [5.74, 6) is -0.101. The number of aromatic nitrogens is 1. The fourth-order valence-corrected chi connectivity index (χ4v) is 4.40. The second-order valence-electron chi connectivity index (χ2n) is 8.19. The smallest absolute Gasteiger partial charge is 0.410 e. The standard InChI is InChI=1S/C23H26N4O3/c28-22-20(13-18-11-16(14-24-18)5-8-26-6-1-2-7-26)19-12-17(3-4-21(19)25-22)15-27-9-10-30-23(27)29/h3-4,11-14,24H,1-2,5-10,15H2,(H,25,28)/b20-13-. The Morgan fingerprint density at radius 1 is 1.07 bits per heavy atom. The van der Waals surface area contributed by atoms with Gasteiger partial charge in [-0.15, -0.1) is 0 Å². The van der Waals surface area contributed by atoms with Crippen LogP contribution < -0.4 is 5.32 Å². The summed E-state index contributed by atoms with van der Waals surface area (Å²) in [6, 6.07) is 7.96. The molecule has 0 bridgehead atoms. The highest BCUT2D eigenvalue weighted by Gasteiger charge is 2.26. The Kier molecular flexibility index (Phi) is 5.04. The van der Waals surface area contributed by atoms with Gasteiger partial charge in [-0.25, -0.2) is 4.79 Å². The van der Waals surface area contributed by atoms with Crippen molar-refractivity contribution < 1.29 is 14.3 Å². The monoisotopic (exact) mass is 406 g/mol. The average Bonchev–Trinajstić information content (AvgIpc) is 3.52. The lowest BCUT2D eigenvalue weighted by atomic mass is 10.0. The van der Waals surface area contributed by atoms with Crippen LogP contribution in [-0.4, -0.2) is 59.6 Å². The third-order valence-electron chi connectivity index (χ3n) is 6.07. The molecule has 156 valence electrons. The van der Waals surface area contributed by atoms with E-state index in [1.54, 1.807) is 4.90 Å². The fraction of sp³-hybridized carbons (Fsp3) is 0.391. The number of benzene rings is 1. The number of H-pyrrole nitrogens is 1. The SMILES string of the molecule is O=C1Nc2ccc(CN3CCOC3=O)cc2/C1=C/c1cc(CCN2CCCC2)c[nH]1. The van der Waals surface area contributed by atoms with Crippen molar-refractivity contribution in [3.05, 3.63) is 52.8 Å². The van der Waals surface area contributed by atoms with Gasteiger partial charge in [0.2, 0.25) is 0 Å². The lowest BCUT2D eigenvalue weighted by Gasteiger charge is -2.13. The molecule has 5 rings (SSSR count). The van der Waals surface area contributed by atoms with Gasteiger partial charge in [-0.1, -0.05) is 6.07 Å². The lowest BCUT2D eigenvalue weighted by molar-refractivity contribution is -0.110. The van der Waals surface area contributed by atoms with E-state index in [1.807, 2.05) is 30.5 Å². The minimum atomic E-state index is -0.284. The van der Waals surface area contributed by atoms with E-state index in [4.69, 9.17) is 4.74 Å². The zero-order valence-corrected chi connectivity index (χ0v) is 16.9. The van der Waals surface area contributed by atoms with Crippen LogP contribution in [-0.2, 0) is 22.5 Å². The summed E-state index contributed by atoms with van der Waals surface area (Å²) in [6.45, 7) is 5.00. The van der Waals surface area contributed by atoms with Gasteiger partial charge in [0.15, 0.2) is 0 Å². The number of carbonyl (C=O) groups excluding carboxylic acids is 2. The molecule has 1 aromatic carbocycles. The molecule has 7 nitrogen and oxygen atoms in total. The van der Waals surface area contributed by atoms with E-state index in [2.05, 4.69) is 21.3 Å². The molecule has 4 heterocycles. The Morgan fingerprint density at radius 3 is 2.73 bits per heavy atom. The summed E-state index contributed by atoms with van der Waals surface area (Å²) < 4.78 is 5.00. The molecule has 3 aliphatic heterocycles. The van der Waals surface area contributed by atoms with Crippen LogP contribution in [0.15, 0.2) is 30.5 Å². The molecule has 0 atom stereocenters. The van der Waals surface area contributed by atoms with Crippen LogP contribution in [0.5, 0.6) is 0 Å². The molecule has 2 saturated heterocycles. The van der Waals surface area contributed by atoms with Crippen LogP contribution in [0.4, 0.5) is 10.5 Å². The molecular weight excluding hydrogens is 380 g/mol. The third-order valence-corrected chi connectivity index (χ3v) is 6.07. The minimum Gasteiger partial charge on any atom is -0.448 e. The second-order valence-corrected chi connectivity index (χ2v) is 8.19. The first-order valence-corrected chi connectivity index (χ1v) is 10.6. The van der Waals surface area contributed by atoms with Gasteiger partial charge in [0.1, 0.15) is 6.61 Å². The van der Waals surface area contributed by atoms with Crippen molar-refractivity contribution in [2.24, 2.45) is 0 Å². The predicted molar refractivity (Wildman–Crippen MR) is 115 cm³/mol. The summed E-state index contributed by atoms with van der Waals surface area (Å²) in [7, 11) is 0. The van der Waals surface area contributed by atoms with Crippen LogP contribution in [0, 0.1) is 0 Å². The number of fused-ring (bicyclic) bond motifs is 1. The summed E-state index contributed by atoms with van der Waals surface area (Å²) in [6.07, 6.45) is 7.28. The predicted octanol–water partition coefficient (Wildman–Crippen LogP) is 3.10. The van der Waals surface area contributed by atoms with E-state index in [0.717, 1.165) is 35.5 Å². The number of rotatable bonds is 6. The van der Waals surface area contributed by atoms with E-state index >= 15 is 0 Å². The van der Waals surface area contributed by atoms with Gasteiger partial charge in [-0.05, 0) is 67.8 Å². The maximum Gasteiger partial charge on any atom is 0.410 e. The molecule has 2 aromatic rings. The molecule has 3 aliphatic rings. The Labute approximate surface area is 175 Å². The number of aromatic amines is 1. The zero-order chi connectivity index (χ0) is 20.5. The summed E-state index contributed by atoms with van der Waals surface area (Å²) >= 11 is 0. The average molecular weight is 406 g/mol. The Balaban J connectivity index is 1.32. The van der Waals surface area contributed by atoms with Crippen LogP contribution in [0.3, 0.4) is 0 Å². The number of nitrogens with zero attached hydrogens (tertiary/aromatic N) is 2. The first-order chi connectivity index (χ1) is 14.7. The highest BCUT2D eigenvalue weighted by molar-refractivity contribution is 6.34. The minimum absolute atomic E-state index is 0.101. The van der Waals surface area contributed by atoms with E-state index in [9.17, 15) is 9.59 Å². The van der Waals surface area contributed by atoms with Crippen molar-refractivity contribution in [1.29, 1.82) is 0 Å². The third kappa shape index (κ3) is 3.85. The van der Waals surface area contributed by atoms with Gasteiger partial charge < -0.3 is 24.8 Å². The molecule has 0 aliphatic carbocycles. The molecule has 1 aromatic heterocycles. The number of ether oxygens (including phenoxy) is 1. The molecule has 0 radical (unpaired) electrons. The van der Waals surface area contributed by atoms with Gasteiger partial charge in [0.05, 0.1) is 12.1 Å². The van der Waals surface area contributed by atoms with E-state index in [-0.39, 0.29) is 12.0 Å². The number of hydrogen-bond donors (Lipinski definition) is 2. The number of amides is 2. The summed E-state index contributed by atoms with van der Waals surface area (Å²) in [5.41, 5.74) is 5.49. The van der Waals surface area contributed by atoms with Crippen molar-refractivity contribution >= 4 is 29.3 Å². The molecule has 30 heavy (non-hydrogen) atoms. The van der Waals surface area contributed by atoms with Crippen molar-refractivity contribution in [2.45, 2.75) is 25.8 Å². The molecule has 2 N–H and O–H groups in total. The number of likely N-dealkylation sites (tertiary alicyclic amines) is 1. The van der Waals surface area contributed by atoms with Crippen LogP contribution in [0.2, 0.25) is 0 Å². The number of anilines is 1. The molecule has 0 saturated carbocycles. The van der Waals surface area contributed by atoms with Crippen molar-refractivity contribution in [2.75, 3.05) is 38.1 Å². The normalized spacial score (nSPS) is 20.1. The van der Waals surface area contributed by atoms with Gasteiger partial charge in [-0.2, -0.15) is 0 Å². The number of hydrogen-bond acceptors (Lipinski definition) is 4. The van der Waals surface area contributed by atoms with Gasteiger partial charge in [0, 0.05) is 36.2 Å². The second kappa shape index (κ2) is 7.99. The number of nitrogens with one attached hydrogen (secondary N) is 2. The number of cyclic esters (lactones) is 1. The molecular formula is C23H26N4O3. The highest BCUT2D eigenvalue weighted by atomic mass is 16.6. The quantitative estimate of drug-likeness (QED) is 0.723. The Bertz CT molecular complexity index is 1000. The zero-order valence-electron chi connectivity index (χ0n) is 16.9. The Hall–Kier alpha value is -3.06. The van der Waals surface area contributed by atoms with E-state index < -0.39 is 0 Å². The van der Waals surface area contributed by atoms with Crippen LogP contribution in [0.25, 0.3) is 11.6 Å². The first-order valence-electron chi connectivity index (χ1n) is 10.6. The maximum atomic E-state index is 12.6. The molecule has 0 spiro atoms. The van der Waals surface area contributed by atoms with E-state index in [0.29, 0.717) is 25.3 Å². The van der Waals surface area contributed by atoms with Gasteiger partial charge in [0.25, 0.3) is 5.91 Å². The largest absolute Gasteiger partial charge is 0.448 e. The van der Waals surface area contributed by atoms with Crippen molar-refractivity contribution in [3.63, 3.8) is 0 Å². The molecule has 7 heteroatoms. The summed E-state index contributed by atoms with van der Waals surface area (Å²) in [5, 5.41) is 2.93. The Morgan fingerprint density at radius 2 is 1.93 bits per heavy atom. The molecule has 2 fully saturated rings. The van der Waals surface area contributed by atoms with Gasteiger partial charge in [-0.3, -0.25) is 4.79 Å². The summed E-state index contributed by atoms with van der Waals surface area (Å²) in [4.78, 5) is 31.8. The maximum absolute atomic E-state index is 12.6. The van der Waals surface area contributed by atoms with Gasteiger partial charge >= 0.3 is 6.09 Å². The van der Waals surface area contributed by atoms with Crippen LogP contribution in [0.1, 0.15) is 35.2 Å². The van der Waals surface area contributed by atoms with Crippen molar-refractivity contribution in [3.8, 4) is 0 Å². The molecule has 0 unspecified atom stereocenters. The van der Waals surface area contributed by atoms with Crippen LogP contribution >= 0.6 is 0 Å². The first kappa shape index (κ1) is 18.9. The van der Waals surface area contributed by atoms with Crippen molar-refractivity contribution in [1.82, 2.24) is 14.8 Å². The highest BCUT2D eigenvalue weighted by Crippen LogP contribution is 2.34. The number of carbonyl (C=O) groups is 2.